The fourth-order valence-electron chi connectivity index (χ4n) is 4.63. The molecule has 3 heterocycles. The molecule has 0 fully saturated rings. The predicted molar refractivity (Wildman–Crippen MR) is 137 cm³/mol. The maximum absolute atomic E-state index is 16.1. The van der Waals surface area contributed by atoms with Crippen LogP contribution in [0.4, 0.5) is 4.39 Å². The third-order valence-electron chi connectivity index (χ3n) is 6.26. The van der Waals surface area contributed by atoms with Crippen molar-refractivity contribution in [3.63, 3.8) is 0 Å². The van der Waals surface area contributed by atoms with E-state index in [1.54, 1.807) is 43.4 Å². The number of hydrogen-bond acceptors (Lipinski definition) is 6. The van der Waals surface area contributed by atoms with E-state index in [2.05, 4.69) is 10.1 Å². The van der Waals surface area contributed by atoms with E-state index in [1.807, 2.05) is 0 Å². The molecule has 1 atom stereocenters. The van der Waals surface area contributed by atoms with Crippen molar-refractivity contribution in [3.8, 4) is 0 Å². The van der Waals surface area contributed by atoms with Crippen molar-refractivity contribution < 1.29 is 23.8 Å². The van der Waals surface area contributed by atoms with Crippen molar-refractivity contribution in [1.82, 2.24) is 19.7 Å². The van der Waals surface area contributed by atoms with E-state index in [0.29, 0.717) is 21.3 Å². The summed E-state index contributed by atoms with van der Waals surface area (Å²) in [6.45, 7) is -0.676. The number of amides is 1. The highest BCUT2D eigenvalue weighted by molar-refractivity contribution is 6.30. The number of aliphatic hydroxyl groups excluding tert-OH is 1. The van der Waals surface area contributed by atoms with E-state index in [0.717, 1.165) is 6.07 Å². The number of carbonyl (C=O) groups excluding carboxylic acids is 2. The van der Waals surface area contributed by atoms with Gasteiger partial charge >= 0.3 is 0 Å². The number of pyridine rings is 1. The van der Waals surface area contributed by atoms with Gasteiger partial charge in [-0.25, -0.2) is 4.39 Å². The summed E-state index contributed by atoms with van der Waals surface area (Å²) in [5, 5.41) is 14.5. The second kappa shape index (κ2) is 10.3. The molecule has 4 aromatic rings. The predicted octanol–water partition coefficient (Wildman–Crippen LogP) is 4.36. The van der Waals surface area contributed by atoms with E-state index in [4.69, 9.17) is 27.9 Å². The number of aryl methyl sites for hydroxylation is 1. The molecule has 1 aliphatic rings. The van der Waals surface area contributed by atoms with Crippen LogP contribution < -0.4 is 0 Å². The lowest BCUT2D eigenvalue weighted by Gasteiger charge is -2.39. The molecule has 0 radical (unpaired) electrons. The first-order chi connectivity index (χ1) is 18.2. The van der Waals surface area contributed by atoms with Crippen molar-refractivity contribution in [2.75, 3.05) is 13.2 Å². The number of ether oxygens (including phenoxy) is 1. The van der Waals surface area contributed by atoms with Crippen LogP contribution in [0.3, 0.4) is 0 Å². The Kier molecular flexibility index (Phi) is 7.02. The first-order valence-corrected chi connectivity index (χ1v) is 12.3. The summed E-state index contributed by atoms with van der Waals surface area (Å²) in [6, 6.07) is 12.2. The van der Waals surface area contributed by atoms with Gasteiger partial charge in [-0.1, -0.05) is 35.3 Å². The van der Waals surface area contributed by atoms with Gasteiger partial charge in [-0.05, 0) is 36.4 Å². The topological polar surface area (TPSA) is 97.6 Å². The molecule has 1 aliphatic heterocycles. The molecule has 0 bridgehead atoms. The maximum atomic E-state index is 16.1. The van der Waals surface area contributed by atoms with Gasteiger partial charge in [0.05, 0.1) is 53.4 Å². The van der Waals surface area contributed by atoms with Gasteiger partial charge in [0.15, 0.2) is 11.5 Å². The van der Waals surface area contributed by atoms with Crippen LogP contribution in [0.15, 0.2) is 67.1 Å². The minimum absolute atomic E-state index is 0.0127. The maximum Gasteiger partial charge on any atom is 0.257 e. The van der Waals surface area contributed by atoms with Crippen molar-refractivity contribution in [3.05, 3.63) is 116 Å². The fourth-order valence-corrected chi connectivity index (χ4v) is 4.86. The summed E-state index contributed by atoms with van der Waals surface area (Å²) in [5.41, 5.74) is -0.786. The molecule has 5 rings (SSSR count). The third kappa shape index (κ3) is 4.48. The van der Waals surface area contributed by atoms with Gasteiger partial charge in [-0.2, -0.15) is 5.10 Å². The standard InChI is InChI=1S/C27H21Cl2FN4O4/c1-33-14-17(12-32-33)25(36)16-10-22-24(23(30)11-16)27(38-9-8-35,18-2-4-19(28)5-3-18)34(26(22)37)15-21-7-6-20(29)13-31-21/h2-7,10-14,35H,8-9,15H2,1H3/t27-/m1/s1. The van der Waals surface area contributed by atoms with Gasteiger partial charge in [-0.15, -0.1) is 0 Å². The Morgan fingerprint density at radius 3 is 2.45 bits per heavy atom. The number of aromatic nitrogens is 3. The average molecular weight is 555 g/mol. The number of aliphatic hydroxyl groups is 1. The second-order valence-electron chi connectivity index (χ2n) is 8.69. The molecule has 2 aromatic heterocycles. The summed E-state index contributed by atoms with van der Waals surface area (Å²) in [5.74, 6) is -1.88. The van der Waals surface area contributed by atoms with Crippen molar-refractivity contribution in [2.45, 2.75) is 12.3 Å². The molecule has 1 amide bonds. The lowest BCUT2D eigenvalue weighted by molar-refractivity contribution is -0.120. The third-order valence-corrected chi connectivity index (χ3v) is 6.74. The van der Waals surface area contributed by atoms with E-state index in [-0.39, 0.29) is 42.0 Å². The zero-order chi connectivity index (χ0) is 27.0. The molecule has 0 saturated carbocycles. The van der Waals surface area contributed by atoms with Crippen molar-refractivity contribution in [2.24, 2.45) is 7.05 Å². The minimum Gasteiger partial charge on any atom is -0.394 e. The molecular formula is C27H21Cl2FN4O4. The number of nitrogens with zero attached hydrogens (tertiary/aromatic N) is 4. The Hall–Kier alpha value is -3.63. The van der Waals surface area contributed by atoms with E-state index < -0.39 is 23.2 Å². The van der Waals surface area contributed by atoms with Crippen LogP contribution >= 0.6 is 23.2 Å². The lowest BCUT2D eigenvalue weighted by Crippen LogP contribution is -2.47. The highest BCUT2D eigenvalue weighted by atomic mass is 35.5. The zero-order valence-electron chi connectivity index (χ0n) is 20.1. The van der Waals surface area contributed by atoms with Gasteiger partial charge in [0.1, 0.15) is 5.82 Å². The first kappa shape index (κ1) is 26.0. The Morgan fingerprint density at radius 1 is 1.08 bits per heavy atom. The number of ketones is 1. The summed E-state index contributed by atoms with van der Waals surface area (Å²) in [6.07, 6.45) is 4.32. The van der Waals surface area contributed by atoms with Gasteiger partial charge in [0.25, 0.3) is 5.91 Å². The molecule has 2 aromatic carbocycles. The Balaban J connectivity index is 1.72. The SMILES string of the molecule is Cn1cc(C(=O)c2cc(F)c3c(c2)C(=O)N(Cc2ccc(Cl)cn2)[C@@]3(OCCO)c2ccc(Cl)cc2)cn1. The van der Waals surface area contributed by atoms with Crippen molar-refractivity contribution >= 4 is 34.9 Å². The van der Waals surface area contributed by atoms with Gasteiger partial charge in [0.2, 0.25) is 0 Å². The van der Waals surface area contributed by atoms with E-state index in [1.165, 1.54) is 34.2 Å². The van der Waals surface area contributed by atoms with E-state index in [9.17, 15) is 14.7 Å². The lowest BCUT2D eigenvalue weighted by atomic mass is 9.90. The summed E-state index contributed by atoms with van der Waals surface area (Å²) in [4.78, 5) is 32.7. The number of hydrogen-bond donors (Lipinski definition) is 1. The molecule has 8 nitrogen and oxygen atoms in total. The Morgan fingerprint density at radius 2 is 1.82 bits per heavy atom. The van der Waals surface area contributed by atoms with Gasteiger partial charge < -0.3 is 9.84 Å². The number of benzene rings is 2. The number of fused-ring (bicyclic) bond motifs is 1. The van der Waals surface area contributed by atoms with Crippen LogP contribution in [-0.4, -0.2) is 49.7 Å². The van der Waals surface area contributed by atoms with E-state index >= 15 is 4.39 Å². The van der Waals surface area contributed by atoms with Crippen LogP contribution in [-0.2, 0) is 24.1 Å². The summed E-state index contributed by atoms with van der Waals surface area (Å²) in [7, 11) is 1.66. The molecule has 1 N–H and O–H groups in total. The largest absolute Gasteiger partial charge is 0.394 e. The first-order valence-electron chi connectivity index (χ1n) is 11.5. The number of carbonyl (C=O) groups is 2. The number of halogens is 3. The summed E-state index contributed by atoms with van der Waals surface area (Å²) < 4.78 is 23.7. The molecule has 0 spiro atoms. The normalized spacial score (nSPS) is 16.7. The Labute approximate surface area is 227 Å². The molecule has 11 heteroatoms. The van der Waals surface area contributed by atoms with Crippen LogP contribution in [0.2, 0.25) is 10.0 Å². The number of rotatable bonds is 8. The Bertz CT molecular complexity index is 1530. The average Bonchev–Trinajstić information content (AvgIpc) is 3.44. The monoisotopic (exact) mass is 554 g/mol. The van der Waals surface area contributed by atoms with Crippen LogP contribution in [0.25, 0.3) is 0 Å². The smallest absolute Gasteiger partial charge is 0.257 e. The molecule has 0 unspecified atom stereocenters. The van der Waals surface area contributed by atoms with Crippen LogP contribution in [0.1, 0.15) is 43.1 Å². The second-order valence-corrected chi connectivity index (χ2v) is 9.57. The molecular weight excluding hydrogens is 534 g/mol. The molecule has 0 saturated heterocycles. The zero-order valence-corrected chi connectivity index (χ0v) is 21.6. The van der Waals surface area contributed by atoms with Gasteiger partial charge in [0, 0.05) is 35.6 Å². The highest BCUT2D eigenvalue weighted by Crippen LogP contribution is 2.48. The molecule has 194 valence electrons. The minimum atomic E-state index is -1.78. The van der Waals surface area contributed by atoms with Crippen LogP contribution in [0, 0.1) is 5.82 Å². The van der Waals surface area contributed by atoms with Crippen molar-refractivity contribution in [1.29, 1.82) is 0 Å². The molecule has 38 heavy (non-hydrogen) atoms. The highest BCUT2D eigenvalue weighted by Gasteiger charge is 2.54. The molecule has 0 aliphatic carbocycles. The summed E-state index contributed by atoms with van der Waals surface area (Å²) >= 11 is 12.1. The fraction of sp³-hybridized carbons (Fsp3) is 0.185. The quantitative estimate of drug-likeness (QED) is 0.325. The van der Waals surface area contributed by atoms with Crippen LogP contribution in [0.5, 0.6) is 0 Å². The van der Waals surface area contributed by atoms with Gasteiger partial charge in [-0.3, -0.25) is 24.2 Å².